The van der Waals surface area contributed by atoms with Gasteiger partial charge in [-0.2, -0.15) is 0 Å². The van der Waals surface area contributed by atoms with E-state index in [1.807, 2.05) is 25.7 Å². The number of nitrogens with zero attached hydrogens (tertiary/aromatic N) is 1. The second-order valence-corrected chi connectivity index (χ2v) is 14.0. The zero-order chi connectivity index (χ0) is 23.2. The van der Waals surface area contributed by atoms with Crippen LogP contribution < -0.4 is 4.90 Å². The molecule has 0 bridgehead atoms. The fraction of sp³-hybridized carbons (Fsp3) is 0.476. The number of amides is 2. The van der Waals surface area contributed by atoms with Gasteiger partial charge in [-0.3, -0.25) is 19.2 Å². The molecule has 8 nitrogen and oxygen atoms in total. The number of carbonyl (C=O) groups excluding carboxylic acids is 5. The van der Waals surface area contributed by atoms with E-state index in [-0.39, 0.29) is 26.8 Å². The Morgan fingerprint density at radius 1 is 1.10 bits per heavy atom. The van der Waals surface area contributed by atoms with Crippen molar-refractivity contribution in [2.24, 2.45) is 11.8 Å². The monoisotopic (exact) mass is 463 g/mol. The summed E-state index contributed by atoms with van der Waals surface area (Å²) >= 11 is 0.792. The summed E-state index contributed by atoms with van der Waals surface area (Å²) in [6.07, 6.45) is 3.43. The maximum atomic E-state index is 13.7. The quantitative estimate of drug-likeness (QED) is 0.383. The van der Waals surface area contributed by atoms with E-state index in [4.69, 9.17) is 9.16 Å². The maximum absolute atomic E-state index is 13.7. The molecule has 10 heteroatoms. The first-order chi connectivity index (χ1) is 14.4. The maximum Gasteiger partial charge on any atom is 0.350 e. The number of carbonyl (C=O) groups is 5. The molecule has 1 aromatic heterocycles. The van der Waals surface area contributed by atoms with Gasteiger partial charge in [0.15, 0.2) is 19.9 Å². The number of thiophene rings is 1. The number of imide groups is 1. The van der Waals surface area contributed by atoms with Crippen molar-refractivity contribution >= 4 is 54.7 Å². The minimum Gasteiger partial charge on any atom is -0.465 e. The van der Waals surface area contributed by atoms with E-state index in [2.05, 4.69) is 0 Å². The minimum atomic E-state index is -2.06. The number of hydrogen-bond donors (Lipinski definition) is 0. The SMILES string of the molecule is COC(=O)c1sc2c(c1N(C(C)=O)C(C)=O)C(=O)C1C(O[Si](C)(C)C)C=CCC1C2=O. The van der Waals surface area contributed by atoms with Crippen LogP contribution >= 0.6 is 11.3 Å². The molecule has 3 unspecified atom stereocenters. The lowest BCUT2D eigenvalue weighted by Crippen LogP contribution is -2.48. The van der Waals surface area contributed by atoms with Crippen molar-refractivity contribution in [3.63, 3.8) is 0 Å². The largest absolute Gasteiger partial charge is 0.465 e. The van der Waals surface area contributed by atoms with Gasteiger partial charge in [0.05, 0.1) is 35.3 Å². The molecule has 2 aliphatic carbocycles. The van der Waals surface area contributed by atoms with Crippen molar-refractivity contribution in [1.82, 2.24) is 0 Å². The lowest BCUT2D eigenvalue weighted by molar-refractivity contribution is -0.124. The Hall–Kier alpha value is -2.43. The van der Waals surface area contributed by atoms with Crippen molar-refractivity contribution < 1.29 is 33.1 Å². The van der Waals surface area contributed by atoms with Gasteiger partial charge in [0.25, 0.3) is 0 Å². The summed E-state index contributed by atoms with van der Waals surface area (Å²) < 4.78 is 11.0. The lowest BCUT2D eigenvalue weighted by atomic mass is 9.70. The van der Waals surface area contributed by atoms with E-state index >= 15 is 0 Å². The molecule has 0 spiro atoms. The van der Waals surface area contributed by atoms with Gasteiger partial charge in [-0.05, 0) is 26.1 Å². The third-order valence-electron chi connectivity index (χ3n) is 5.21. The van der Waals surface area contributed by atoms with Crippen molar-refractivity contribution in [3.8, 4) is 0 Å². The number of hydrogen-bond acceptors (Lipinski definition) is 8. The topological polar surface area (TPSA) is 107 Å². The second-order valence-electron chi connectivity index (χ2n) is 8.57. The third kappa shape index (κ3) is 4.07. The van der Waals surface area contributed by atoms with Gasteiger partial charge in [0, 0.05) is 19.8 Å². The molecule has 1 heterocycles. The van der Waals surface area contributed by atoms with Crippen LogP contribution in [0.5, 0.6) is 0 Å². The Morgan fingerprint density at radius 3 is 2.23 bits per heavy atom. The molecule has 0 aliphatic heterocycles. The van der Waals surface area contributed by atoms with Crippen LogP contribution in [0, 0.1) is 11.8 Å². The van der Waals surface area contributed by atoms with E-state index in [1.165, 1.54) is 0 Å². The number of fused-ring (bicyclic) bond motifs is 2. The van der Waals surface area contributed by atoms with Crippen LogP contribution in [-0.2, 0) is 18.8 Å². The molecule has 0 saturated carbocycles. The molecule has 2 aliphatic rings. The highest BCUT2D eigenvalue weighted by atomic mass is 32.1. The zero-order valence-corrected chi connectivity index (χ0v) is 20.1. The van der Waals surface area contributed by atoms with Crippen molar-refractivity contribution in [1.29, 1.82) is 0 Å². The van der Waals surface area contributed by atoms with Crippen molar-refractivity contribution in [2.45, 2.75) is 46.0 Å². The molecular weight excluding hydrogens is 438 g/mol. The molecule has 166 valence electrons. The zero-order valence-electron chi connectivity index (χ0n) is 18.3. The second kappa shape index (κ2) is 8.25. The summed E-state index contributed by atoms with van der Waals surface area (Å²) in [5.74, 6) is -4.25. The Morgan fingerprint density at radius 2 is 1.71 bits per heavy atom. The smallest absolute Gasteiger partial charge is 0.350 e. The van der Waals surface area contributed by atoms with Gasteiger partial charge in [0.1, 0.15) is 4.88 Å². The number of ketones is 2. The first-order valence-corrected chi connectivity index (χ1v) is 14.1. The number of anilines is 1. The van der Waals surface area contributed by atoms with Gasteiger partial charge in [0.2, 0.25) is 11.8 Å². The van der Waals surface area contributed by atoms with Crippen LogP contribution in [0.1, 0.15) is 50.0 Å². The fourth-order valence-corrected chi connectivity index (χ4v) is 6.37. The highest BCUT2D eigenvalue weighted by Gasteiger charge is 2.51. The van der Waals surface area contributed by atoms with Crippen LogP contribution in [0.25, 0.3) is 0 Å². The van der Waals surface area contributed by atoms with E-state index < -0.39 is 49.8 Å². The van der Waals surface area contributed by atoms with Crippen LogP contribution in [0.15, 0.2) is 12.2 Å². The summed E-state index contributed by atoms with van der Waals surface area (Å²) in [6.45, 7) is 8.28. The normalized spacial score (nSPS) is 22.6. The predicted molar refractivity (Wildman–Crippen MR) is 117 cm³/mol. The number of ether oxygens (including phenoxy) is 1. The number of rotatable bonds is 4. The van der Waals surface area contributed by atoms with E-state index in [1.54, 1.807) is 6.08 Å². The number of esters is 1. The van der Waals surface area contributed by atoms with Crippen molar-refractivity contribution in [2.75, 3.05) is 12.0 Å². The Balaban J connectivity index is 2.25. The van der Waals surface area contributed by atoms with E-state index in [0.29, 0.717) is 6.42 Å². The highest BCUT2D eigenvalue weighted by molar-refractivity contribution is 7.17. The van der Waals surface area contributed by atoms with Gasteiger partial charge < -0.3 is 9.16 Å². The standard InChI is InChI=1S/C21H25NO7SSi/c1-10(23)22(11(2)24)16-15-18(26)14-12(8-7-9-13(14)29-31(4,5)6)17(25)19(15)30-20(16)21(27)28-3/h7,9,12-14H,8H2,1-6H3. The van der Waals surface area contributed by atoms with E-state index in [0.717, 1.165) is 37.2 Å². The predicted octanol–water partition coefficient (Wildman–Crippen LogP) is 3.23. The summed E-state index contributed by atoms with van der Waals surface area (Å²) in [6, 6.07) is 0. The van der Waals surface area contributed by atoms with Crippen LogP contribution in [0.4, 0.5) is 5.69 Å². The summed E-state index contributed by atoms with van der Waals surface area (Å²) in [5.41, 5.74) is -0.230. The molecule has 3 atom stereocenters. The molecular formula is C21H25NO7SSi. The fourth-order valence-electron chi connectivity index (χ4n) is 4.12. The Labute approximate surface area is 185 Å². The molecule has 0 saturated heterocycles. The van der Waals surface area contributed by atoms with Crippen LogP contribution in [0.2, 0.25) is 19.6 Å². The first-order valence-electron chi connectivity index (χ1n) is 9.88. The lowest BCUT2D eigenvalue weighted by Gasteiger charge is -2.38. The van der Waals surface area contributed by atoms with Crippen molar-refractivity contribution in [3.05, 3.63) is 27.5 Å². The number of methoxy groups -OCH3 is 1. The average Bonchev–Trinajstić information content (AvgIpc) is 3.04. The van der Waals surface area contributed by atoms with Gasteiger partial charge >= 0.3 is 5.97 Å². The molecule has 2 amide bonds. The highest BCUT2D eigenvalue weighted by Crippen LogP contribution is 2.47. The minimum absolute atomic E-state index is 0.0680. The first kappa shape index (κ1) is 23.2. The Bertz CT molecular complexity index is 1010. The molecule has 0 aromatic carbocycles. The van der Waals surface area contributed by atoms with Gasteiger partial charge in [-0.15, -0.1) is 11.3 Å². The Kier molecular flexibility index (Phi) is 6.18. The van der Waals surface area contributed by atoms with Crippen LogP contribution in [0.3, 0.4) is 0 Å². The average molecular weight is 464 g/mol. The van der Waals surface area contributed by atoms with Gasteiger partial charge in [-0.1, -0.05) is 12.2 Å². The summed E-state index contributed by atoms with van der Waals surface area (Å²) in [5, 5.41) is 0. The molecule has 0 fully saturated rings. The molecule has 1 aromatic rings. The molecule has 0 N–H and O–H groups in total. The van der Waals surface area contributed by atoms with E-state index in [9.17, 15) is 24.0 Å². The summed E-state index contributed by atoms with van der Waals surface area (Å²) in [7, 11) is -0.904. The summed E-state index contributed by atoms with van der Waals surface area (Å²) in [4.78, 5) is 64.9. The van der Waals surface area contributed by atoms with Crippen LogP contribution in [-0.4, -0.2) is 50.9 Å². The molecule has 0 radical (unpaired) electrons. The molecule has 3 rings (SSSR count). The third-order valence-corrected chi connectivity index (χ3v) is 7.36. The number of Topliss-reactive ketones (excluding diaryl/α,β-unsaturated/α-hetero) is 2. The number of allylic oxidation sites excluding steroid dienone is 1. The van der Waals surface area contributed by atoms with Gasteiger partial charge in [-0.25, -0.2) is 9.69 Å². The molecule has 31 heavy (non-hydrogen) atoms.